The number of aromatic amines is 1. The number of carbonyl (C=O) groups is 1. The Balaban J connectivity index is 1.64. The fraction of sp³-hybridized carbons (Fsp3) is 0.235. The number of rotatable bonds is 6. The second-order valence-corrected chi connectivity index (χ2v) is 6.66. The minimum Gasteiger partial charge on any atom is -0.326 e. The summed E-state index contributed by atoms with van der Waals surface area (Å²) in [6.45, 7) is 2.59. The van der Waals surface area contributed by atoms with E-state index in [-0.39, 0.29) is 5.91 Å². The van der Waals surface area contributed by atoms with E-state index in [0.717, 1.165) is 22.8 Å². The SMILES string of the molecule is CCc1ccc(NC(=O)CCn2c(-c3cccs3)n[nH]c2=S)cc1. The van der Waals surface area contributed by atoms with Gasteiger partial charge in [-0.3, -0.25) is 14.5 Å². The Morgan fingerprint density at radius 2 is 2.12 bits per heavy atom. The molecule has 0 fully saturated rings. The van der Waals surface area contributed by atoms with Gasteiger partial charge in [0.1, 0.15) is 0 Å². The van der Waals surface area contributed by atoms with Crippen LogP contribution in [-0.4, -0.2) is 20.7 Å². The Morgan fingerprint density at radius 1 is 1.33 bits per heavy atom. The van der Waals surface area contributed by atoms with E-state index in [0.29, 0.717) is 17.7 Å². The Labute approximate surface area is 149 Å². The lowest BCUT2D eigenvalue weighted by molar-refractivity contribution is -0.116. The maximum Gasteiger partial charge on any atom is 0.226 e. The number of hydrogen-bond donors (Lipinski definition) is 2. The molecule has 3 aromatic rings. The van der Waals surface area contributed by atoms with E-state index < -0.39 is 0 Å². The highest BCUT2D eigenvalue weighted by Gasteiger charge is 2.11. The molecule has 0 unspecified atom stereocenters. The number of nitrogens with zero attached hydrogens (tertiary/aromatic N) is 2. The summed E-state index contributed by atoms with van der Waals surface area (Å²) in [6, 6.07) is 11.9. The molecule has 0 atom stereocenters. The van der Waals surface area contributed by atoms with Gasteiger partial charge in [0.05, 0.1) is 4.88 Å². The second-order valence-electron chi connectivity index (χ2n) is 5.33. The Bertz CT molecular complexity index is 863. The molecule has 24 heavy (non-hydrogen) atoms. The third-order valence-electron chi connectivity index (χ3n) is 3.71. The largest absolute Gasteiger partial charge is 0.326 e. The topological polar surface area (TPSA) is 62.7 Å². The van der Waals surface area contributed by atoms with Crippen LogP contribution in [0.5, 0.6) is 0 Å². The molecule has 1 aromatic carbocycles. The van der Waals surface area contributed by atoms with Gasteiger partial charge in [0.15, 0.2) is 10.6 Å². The molecule has 0 saturated carbocycles. The summed E-state index contributed by atoms with van der Waals surface area (Å²) < 4.78 is 2.39. The molecule has 2 aromatic heterocycles. The minimum absolute atomic E-state index is 0.0421. The maximum atomic E-state index is 12.2. The predicted molar refractivity (Wildman–Crippen MR) is 99.8 cm³/mol. The molecule has 0 aliphatic carbocycles. The summed E-state index contributed by atoms with van der Waals surface area (Å²) in [5.41, 5.74) is 2.06. The summed E-state index contributed by atoms with van der Waals surface area (Å²) >= 11 is 6.87. The average molecular weight is 358 g/mol. The standard InChI is InChI=1S/C17H18N4OS2/c1-2-12-5-7-13(8-6-12)18-15(22)9-10-21-16(19-20-17(21)23)14-4-3-11-24-14/h3-8,11H,2,9-10H2,1H3,(H,18,22)(H,20,23). The molecule has 0 spiro atoms. The summed E-state index contributed by atoms with van der Waals surface area (Å²) in [4.78, 5) is 13.2. The van der Waals surface area contributed by atoms with Crippen LogP contribution in [0.1, 0.15) is 18.9 Å². The summed E-state index contributed by atoms with van der Waals surface area (Å²) in [5.74, 6) is 0.731. The molecule has 0 radical (unpaired) electrons. The van der Waals surface area contributed by atoms with Crippen LogP contribution in [0.4, 0.5) is 5.69 Å². The van der Waals surface area contributed by atoms with E-state index in [9.17, 15) is 4.79 Å². The molecule has 0 bridgehead atoms. The number of hydrogen-bond acceptors (Lipinski definition) is 4. The van der Waals surface area contributed by atoms with E-state index >= 15 is 0 Å². The molecule has 0 aliphatic heterocycles. The van der Waals surface area contributed by atoms with Crippen LogP contribution in [0.25, 0.3) is 10.7 Å². The zero-order chi connectivity index (χ0) is 16.9. The van der Waals surface area contributed by atoms with Gasteiger partial charge in [0, 0.05) is 18.7 Å². The lowest BCUT2D eigenvalue weighted by atomic mass is 10.1. The molecule has 2 heterocycles. The van der Waals surface area contributed by atoms with E-state index in [2.05, 4.69) is 22.4 Å². The number of amides is 1. The van der Waals surface area contributed by atoms with Gasteiger partial charge in [-0.2, -0.15) is 5.10 Å². The molecule has 3 rings (SSSR count). The average Bonchev–Trinajstić information content (AvgIpc) is 3.23. The normalized spacial score (nSPS) is 10.7. The minimum atomic E-state index is -0.0421. The number of benzene rings is 1. The molecule has 2 N–H and O–H groups in total. The van der Waals surface area contributed by atoms with Crippen molar-refractivity contribution in [1.29, 1.82) is 0 Å². The van der Waals surface area contributed by atoms with Gasteiger partial charge in [-0.15, -0.1) is 11.3 Å². The van der Waals surface area contributed by atoms with Crippen molar-refractivity contribution in [2.45, 2.75) is 26.3 Å². The van der Waals surface area contributed by atoms with Gasteiger partial charge in [-0.05, 0) is 47.8 Å². The van der Waals surface area contributed by atoms with Crippen LogP contribution in [0, 0.1) is 4.77 Å². The van der Waals surface area contributed by atoms with Crippen molar-refractivity contribution in [1.82, 2.24) is 14.8 Å². The quantitative estimate of drug-likeness (QED) is 0.647. The first-order chi connectivity index (χ1) is 11.7. The van der Waals surface area contributed by atoms with Crippen LogP contribution >= 0.6 is 23.6 Å². The maximum absolute atomic E-state index is 12.2. The van der Waals surface area contributed by atoms with Gasteiger partial charge in [-0.1, -0.05) is 25.1 Å². The predicted octanol–water partition coefficient (Wildman–Crippen LogP) is 4.26. The molecule has 5 nitrogen and oxygen atoms in total. The smallest absolute Gasteiger partial charge is 0.226 e. The molecule has 0 aliphatic rings. The Morgan fingerprint density at radius 3 is 2.79 bits per heavy atom. The van der Waals surface area contributed by atoms with Crippen LogP contribution < -0.4 is 5.32 Å². The lowest BCUT2D eigenvalue weighted by Gasteiger charge is -2.08. The molecular weight excluding hydrogens is 340 g/mol. The van der Waals surface area contributed by atoms with Gasteiger partial charge < -0.3 is 5.32 Å². The monoisotopic (exact) mass is 358 g/mol. The van der Waals surface area contributed by atoms with Crippen LogP contribution in [0.2, 0.25) is 0 Å². The first-order valence-electron chi connectivity index (χ1n) is 7.75. The van der Waals surface area contributed by atoms with Gasteiger partial charge in [0.2, 0.25) is 5.91 Å². The number of anilines is 1. The van der Waals surface area contributed by atoms with Gasteiger partial charge in [0.25, 0.3) is 0 Å². The Hall–Kier alpha value is -2.25. The van der Waals surface area contributed by atoms with Crippen molar-refractivity contribution in [3.05, 3.63) is 52.1 Å². The van der Waals surface area contributed by atoms with Gasteiger partial charge in [-0.25, -0.2) is 0 Å². The van der Waals surface area contributed by atoms with Crippen molar-refractivity contribution < 1.29 is 4.79 Å². The van der Waals surface area contributed by atoms with Gasteiger partial charge >= 0.3 is 0 Å². The molecule has 0 saturated heterocycles. The Kier molecular flexibility index (Phi) is 5.22. The van der Waals surface area contributed by atoms with E-state index in [4.69, 9.17) is 12.2 Å². The first-order valence-corrected chi connectivity index (χ1v) is 9.04. The fourth-order valence-electron chi connectivity index (χ4n) is 2.38. The number of aryl methyl sites for hydroxylation is 1. The van der Waals surface area contributed by atoms with Crippen LogP contribution in [-0.2, 0) is 17.8 Å². The van der Waals surface area contributed by atoms with Crippen molar-refractivity contribution in [2.24, 2.45) is 0 Å². The van der Waals surface area contributed by atoms with E-state index in [1.807, 2.05) is 46.3 Å². The zero-order valence-corrected chi connectivity index (χ0v) is 14.9. The van der Waals surface area contributed by atoms with Crippen molar-refractivity contribution >= 4 is 35.1 Å². The third kappa shape index (κ3) is 3.80. The third-order valence-corrected chi connectivity index (χ3v) is 4.89. The van der Waals surface area contributed by atoms with E-state index in [1.54, 1.807) is 11.3 Å². The molecule has 124 valence electrons. The highest BCUT2D eigenvalue weighted by molar-refractivity contribution is 7.71. The highest BCUT2D eigenvalue weighted by Crippen LogP contribution is 2.23. The number of aromatic nitrogens is 3. The number of carbonyl (C=O) groups excluding carboxylic acids is 1. The summed E-state index contributed by atoms with van der Waals surface area (Å²) in [7, 11) is 0. The number of thiophene rings is 1. The van der Waals surface area contributed by atoms with Crippen LogP contribution in [0.15, 0.2) is 41.8 Å². The summed E-state index contributed by atoms with van der Waals surface area (Å²) in [6.07, 6.45) is 1.32. The molecule has 7 heteroatoms. The first kappa shape index (κ1) is 16.6. The lowest BCUT2D eigenvalue weighted by Crippen LogP contribution is -2.15. The van der Waals surface area contributed by atoms with E-state index in [1.165, 1.54) is 5.56 Å². The van der Waals surface area contributed by atoms with Crippen molar-refractivity contribution in [2.75, 3.05) is 5.32 Å². The number of nitrogens with one attached hydrogen (secondary N) is 2. The highest BCUT2D eigenvalue weighted by atomic mass is 32.1. The van der Waals surface area contributed by atoms with Crippen molar-refractivity contribution in [3.63, 3.8) is 0 Å². The van der Waals surface area contributed by atoms with Crippen LogP contribution in [0.3, 0.4) is 0 Å². The second kappa shape index (κ2) is 7.55. The number of H-pyrrole nitrogens is 1. The fourth-order valence-corrected chi connectivity index (χ4v) is 3.33. The molecular formula is C17H18N4OS2. The summed E-state index contributed by atoms with van der Waals surface area (Å²) in [5, 5.41) is 12.0. The van der Waals surface area contributed by atoms with Crippen molar-refractivity contribution in [3.8, 4) is 10.7 Å². The molecule has 1 amide bonds. The zero-order valence-electron chi connectivity index (χ0n) is 13.3.